The Kier molecular flexibility index (Phi) is 12.0. The summed E-state index contributed by atoms with van der Waals surface area (Å²) in [6, 6.07) is 10.4. The van der Waals surface area contributed by atoms with Crippen LogP contribution in [0.1, 0.15) is 70.8 Å². The van der Waals surface area contributed by atoms with Gasteiger partial charge in [-0.1, -0.05) is 12.1 Å². The maximum Gasteiger partial charge on any atom is 0.530 e. The summed E-state index contributed by atoms with van der Waals surface area (Å²) in [7, 11) is -4.19. The molecule has 5 rings (SSSR count). The highest BCUT2D eigenvalue weighted by atomic mass is 31.2. The molecule has 4 aliphatic rings. The molecule has 1 aromatic carbocycles. The average molecular weight is 647 g/mol. The van der Waals surface area contributed by atoms with E-state index in [9.17, 15) is 14.2 Å². The van der Waals surface area contributed by atoms with E-state index in [1.54, 1.807) is 24.3 Å². The molecule has 4 saturated carbocycles. The third kappa shape index (κ3) is 8.43. The molecule has 0 saturated heterocycles. The van der Waals surface area contributed by atoms with Crippen LogP contribution in [-0.2, 0) is 37.4 Å². The molecular formula is C32H40FN2O9P. The highest BCUT2D eigenvalue weighted by Crippen LogP contribution is 2.58. The lowest BCUT2D eigenvalue weighted by atomic mass is 9.54. The Morgan fingerprint density at radius 2 is 1.44 bits per heavy atom. The van der Waals surface area contributed by atoms with E-state index in [4.69, 9.17) is 38.3 Å². The van der Waals surface area contributed by atoms with Gasteiger partial charge in [-0.15, -0.1) is 0 Å². The van der Waals surface area contributed by atoms with Crippen LogP contribution in [0.2, 0.25) is 0 Å². The van der Waals surface area contributed by atoms with Crippen LogP contribution in [0.15, 0.2) is 29.8 Å². The summed E-state index contributed by atoms with van der Waals surface area (Å²) in [5.74, 6) is -0.144. The Morgan fingerprint density at radius 1 is 0.889 bits per heavy atom. The predicted molar refractivity (Wildman–Crippen MR) is 159 cm³/mol. The van der Waals surface area contributed by atoms with E-state index in [-0.39, 0.29) is 63.5 Å². The minimum absolute atomic E-state index is 0.0441. The number of carbonyl (C=O) groups is 2. The molecule has 0 aliphatic heterocycles. The Hall–Kier alpha value is -3.44. The Balaban J connectivity index is 1.64. The molecule has 4 bridgehead atoms. The van der Waals surface area contributed by atoms with Crippen molar-refractivity contribution in [2.75, 3.05) is 33.0 Å². The van der Waals surface area contributed by atoms with Crippen molar-refractivity contribution in [2.24, 2.45) is 23.7 Å². The number of hydrogen-bond donors (Lipinski definition) is 0. The molecule has 0 amide bonds. The van der Waals surface area contributed by atoms with Gasteiger partial charge in [-0.2, -0.15) is 10.5 Å². The predicted octanol–water partition coefficient (Wildman–Crippen LogP) is 6.44. The molecule has 0 radical (unpaired) electrons. The lowest BCUT2D eigenvalue weighted by molar-refractivity contribution is -0.175. The van der Waals surface area contributed by atoms with Crippen molar-refractivity contribution in [1.82, 2.24) is 0 Å². The summed E-state index contributed by atoms with van der Waals surface area (Å²) in [4.78, 5) is 25.1. The molecular weight excluding hydrogens is 606 g/mol. The number of benzene rings is 1. The number of allylic oxidation sites excluding steroid dienone is 1. The summed E-state index contributed by atoms with van der Waals surface area (Å²) >= 11 is 0. The number of carbonyl (C=O) groups excluding carboxylic acids is 2. The number of halogens is 1. The van der Waals surface area contributed by atoms with E-state index in [1.165, 1.54) is 20.3 Å². The van der Waals surface area contributed by atoms with Gasteiger partial charge >= 0.3 is 25.4 Å². The van der Waals surface area contributed by atoms with Gasteiger partial charge in [0.15, 0.2) is 0 Å². The fourth-order valence-corrected chi connectivity index (χ4v) is 7.97. The van der Waals surface area contributed by atoms with Gasteiger partial charge in [-0.3, -0.25) is 9.05 Å². The normalized spacial score (nSPS) is 21.8. The van der Waals surface area contributed by atoms with Crippen molar-refractivity contribution in [2.45, 2.75) is 70.9 Å². The minimum atomic E-state index is -4.19. The Bertz CT molecular complexity index is 1310. The number of alkyl halides is 1. The molecule has 244 valence electrons. The highest BCUT2D eigenvalue weighted by molar-refractivity contribution is 7.48. The van der Waals surface area contributed by atoms with E-state index in [0.29, 0.717) is 23.2 Å². The summed E-state index contributed by atoms with van der Waals surface area (Å²) in [5, 5.41) is 17.7. The van der Waals surface area contributed by atoms with Crippen LogP contribution in [0.5, 0.6) is 5.75 Å². The van der Waals surface area contributed by atoms with Crippen molar-refractivity contribution >= 4 is 25.5 Å². The second-order valence-corrected chi connectivity index (χ2v) is 13.1. The maximum atomic E-state index is 15.9. The molecule has 1 aromatic rings. The minimum Gasteiger partial charge on any atom is -0.493 e. The van der Waals surface area contributed by atoms with Gasteiger partial charge in [0.05, 0.1) is 58.0 Å². The Morgan fingerprint density at radius 3 is 1.96 bits per heavy atom. The van der Waals surface area contributed by atoms with E-state index >= 15 is 4.39 Å². The fourth-order valence-electron chi connectivity index (χ4n) is 6.79. The van der Waals surface area contributed by atoms with Crippen LogP contribution in [0, 0.1) is 46.3 Å². The molecule has 4 aliphatic carbocycles. The van der Waals surface area contributed by atoms with E-state index < -0.39 is 31.9 Å². The van der Waals surface area contributed by atoms with Crippen molar-refractivity contribution < 1.29 is 46.3 Å². The molecule has 0 atom stereocenters. The first-order valence-electron chi connectivity index (χ1n) is 15.5. The Labute approximate surface area is 263 Å². The zero-order valence-corrected chi connectivity index (χ0v) is 26.6. The maximum absolute atomic E-state index is 15.9. The smallest absolute Gasteiger partial charge is 0.493 e. The second-order valence-electron chi connectivity index (χ2n) is 11.5. The lowest BCUT2D eigenvalue weighted by Gasteiger charge is -2.51. The molecule has 11 nitrogen and oxygen atoms in total. The highest BCUT2D eigenvalue weighted by Gasteiger charge is 2.50. The third-order valence-corrected chi connectivity index (χ3v) is 9.84. The van der Waals surface area contributed by atoms with Crippen LogP contribution in [0.25, 0.3) is 5.76 Å². The summed E-state index contributed by atoms with van der Waals surface area (Å²) in [5.41, 5.74) is -1.34. The summed E-state index contributed by atoms with van der Waals surface area (Å²) in [6.07, 6.45) is 4.63. The molecule has 0 aromatic heterocycles. The summed E-state index contributed by atoms with van der Waals surface area (Å²) in [6.45, 7) is 2.10. The van der Waals surface area contributed by atoms with Gasteiger partial charge in [0.2, 0.25) is 0 Å². The van der Waals surface area contributed by atoms with Gasteiger partial charge in [0, 0.05) is 12.0 Å². The number of esters is 2. The van der Waals surface area contributed by atoms with E-state index in [0.717, 1.165) is 31.3 Å². The monoisotopic (exact) mass is 646 g/mol. The largest absolute Gasteiger partial charge is 0.530 e. The fraction of sp³-hybridized carbons (Fsp3) is 0.625. The van der Waals surface area contributed by atoms with Crippen molar-refractivity contribution in [3.05, 3.63) is 35.4 Å². The van der Waals surface area contributed by atoms with Crippen LogP contribution < -0.4 is 4.52 Å². The number of nitrogens with zero attached hydrogens (tertiary/aromatic N) is 2. The van der Waals surface area contributed by atoms with E-state index in [1.807, 2.05) is 12.1 Å². The van der Waals surface area contributed by atoms with Gasteiger partial charge in [0.1, 0.15) is 11.5 Å². The van der Waals surface area contributed by atoms with Crippen molar-refractivity contribution in [3.63, 3.8) is 0 Å². The summed E-state index contributed by atoms with van der Waals surface area (Å²) < 4.78 is 61.6. The molecule has 13 heteroatoms. The average Bonchev–Trinajstić information content (AvgIpc) is 3.00. The first kappa shape index (κ1) is 34.4. The number of nitriles is 2. The first-order chi connectivity index (χ1) is 21.7. The van der Waals surface area contributed by atoms with Crippen molar-refractivity contribution in [1.29, 1.82) is 10.5 Å². The SMILES string of the molecule is CCOC(=O)C(F)(CCOC(=C1C2CC3CC(C2)CC1C3)c1cccc(OP(=O)(OCCC#N)OCCC#N)c1)C(=O)OCC. The third-order valence-electron chi connectivity index (χ3n) is 8.41. The lowest BCUT2D eigenvalue weighted by Crippen LogP contribution is -2.46. The molecule has 0 unspecified atom stereocenters. The number of phosphoric ester groups is 1. The number of rotatable bonds is 17. The van der Waals surface area contributed by atoms with Crippen molar-refractivity contribution in [3.8, 4) is 17.9 Å². The van der Waals surface area contributed by atoms with Gasteiger partial charge in [0.25, 0.3) is 0 Å². The standard InChI is InChI=1S/C32H40FN2O9P/c1-3-39-30(36)32(33,31(37)40-4-2)10-15-41-29(28-25-17-22-16-23(19-25)20-26(28)18-22)24-8-5-9-27(21-24)44-45(38,42-13-6-11-34)43-14-7-12-35/h5,8-9,21-23,25-26H,3-4,6-7,10,13-20H2,1-2H3. The van der Waals surface area contributed by atoms with Crippen LogP contribution in [0.4, 0.5) is 4.39 Å². The molecule has 45 heavy (non-hydrogen) atoms. The van der Waals surface area contributed by atoms with Gasteiger partial charge in [-0.25, -0.2) is 18.5 Å². The van der Waals surface area contributed by atoms with Crippen LogP contribution in [-0.4, -0.2) is 50.6 Å². The molecule has 0 heterocycles. The van der Waals surface area contributed by atoms with Gasteiger partial charge < -0.3 is 18.7 Å². The number of ether oxygens (including phenoxy) is 3. The quantitative estimate of drug-likeness (QED) is 0.0604. The van der Waals surface area contributed by atoms with Crippen LogP contribution in [0.3, 0.4) is 0 Å². The topological polar surface area (TPSA) is 154 Å². The van der Waals surface area contributed by atoms with Gasteiger partial charge in [-0.05, 0) is 87.3 Å². The zero-order chi connectivity index (χ0) is 32.5. The van der Waals surface area contributed by atoms with E-state index in [2.05, 4.69) is 0 Å². The number of phosphoric acid groups is 1. The second kappa shape index (κ2) is 15.7. The van der Waals surface area contributed by atoms with Crippen LogP contribution >= 0.6 is 7.82 Å². The molecule has 4 fully saturated rings. The molecule has 0 spiro atoms. The zero-order valence-electron chi connectivity index (χ0n) is 25.7. The molecule has 0 N–H and O–H groups in total. The first-order valence-corrected chi connectivity index (χ1v) is 17.0. The number of hydrogen-bond acceptors (Lipinski definition) is 11.